The van der Waals surface area contributed by atoms with Gasteiger partial charge in [0.25, 0.3) is 0 Å². The summed E-state index contributed by atoms with van der Waals surface area (Å²) in [6.45, 7) is 0.663. The molecule has 2 aromatic rings. The number of para-hydroxylation sites is 1. The highest BCUT2D eigenvalue weighted by atomic mass is 15.1. The molecule has 2 rings (SSSR count). The predicted molar refractivity (Wildman–Crippen MR) is 54.7 cm³/mol. The van der Waals surface area contributed by atoms with Crippen LogP contribution >= 0.6 is 0 Å². The topological polar surface area (TPSA) is 64.7 Å². The van der Waals surface area contributed by atoms with E-state index in [-0.39, 0.29) is 0 Å². The highest BCUT2D eigenvalue weighted by Crippen LogP contribution is 2.06. The lowest BCUT2D eigenvalue weighted by atomic mass is 10.3. The van der Waals surface area contributed by atoms with Crippen LogP contribution < -0.4 is 5.73 Å². The molecule has 1 heterocycles. The molecule has 0 spiro atoms. The van der Waals surface area contributed by atoms with Crippen LogP contribution in [0.5, 0.6) is 0 Å². The maximum absolute atomic E-state index is 5.41. The zero-order valence-electron chi connectivity index (χ0n) is 7.85. The first-order valence-corrected chi connectivity index (χ1v) is 4.68. The van der Waals surface area contributed by atoms with Crippen molar-refractivity contribution < 1.29 is 0 Å². The first kappa shape index (κ1) is 9.02. The van der Waals surface area contributed by atoms with Crippen LogP contribution in [0.25, 0.3) is 11.0 Å². The van der Waals surface area contributed by atoms with Gasteiger partial charge < -0.3 is 5.73 Å². The number of nitrogens with two attached hydrogens (primary N) is 1. The minimum Gasteiger partial charge on any atom is -0.330 e. The van der Waals surface area contributed by atoms with E-state index in [0.29, 0.717) is 6.54 Å². The molecule has 0 radical (unpaired) electrons. The summed E-state index contributed by atoms with van der Waals surface area (Å²) in [7, 11) is 0. The van der Waals surface area contributed by atoms with Gasteiger partial charge in [-0.3, -0.25) is 0 Å². The SMILES string of the molecule is NCCCc1nnc2ccccc2n1. The van der Waals surface area contributed by atoms with E-state index < -0.39 is 0 Å². The Bertz CT molecular complexity index is 427. The Morgan fingerprint density at radius 3 is 2.64 bits per heavy atom. The molecule has 2 N–H and O–H groups in total. The second-order valence-electron chi connectivity index (χ2n) is 3.11. The minimum atomic E-state index is 0.663. The van der Waals surface area contributed by atoms with Crippen LogP contribution in [-0.4, -0.2) is 21.7 Å². The molecule has 0 aliphatic rings. The number of hydrogen-bond donors (Lipinski definition) is 1. The summed E-state index contributed by atoms with van der Waals surface area (Å²) in [4.78, 5) is 4.38. The Hall–Kier alpha value is -1.55. The van der Waals surface area contributed by atoms with Crippen molar-refractivity contribution in [2.24, 2.45) is 5.73 Å². The number of aromatic nitrogens is 3. The van der Waals surface area contributed by atoms with Gasteiger partial charge in [-0.05, 0) is 25.1 Å². The molecule has 4 nitrogen and oxygen atoms in total. The number of benzene rings is 1. The number of aryl methyl sites for hydroxylation is 1. The quantitative estimate of drug-likeness (QED) is 0.777. The zero-order valence-corrected chi connectivity index (χ0v) is 7.85. The standard InChI is InChI=1S/C10H12N4/c11-7-3-6-10-12-8-4-1-2-5-9(8)13-14-10/h1-2,4-5H,3,6-7,11H2. The van der Waals surface area contributed by atoms with Crippen LogP contribution in [0.15, 0.2) is 24.3 Å². The summed E-state index contributed by atoms with van der Waals surface area (Å²) in [5.41, 5.74) is 7.15. The van der Waals surface area contributed by atoms with Crippen LogP contribution in [0, 0.1) is 0 Å². The van der Waals surface area contributed by atoms with E-state index in [9.17, 15) is 0 Å². The third-order valence-electron chi connectivity index (χ3n) is 2.01. The van der Waals surface area contributed by atoms with Crippen LogP contribution in [-0.2, 0) is 6.42 Å². The lowest BCUT2D eigenvalue weighted by molar-refractivity contribution is 0.764. The predicted octanol–water partition coefficient (Wildman–Crippen LogP) is 0.916. The number of nitrogens with zero attached hydrogens (tertiary/aromatic N) is 3. The average Bonchev–Trinajstić information content (AvgIpc) is 2.26. The van der Waals surface area contributed by atoms with E-state index in [4.69, 9.17) is 5.73 Å². The van der Waals surface area contributed by atoms with Gasteiger partial charge in [0.1, 0.15) is 5.52 Å². The molecule has 1 aromatic heterocycles. The fraction of sp³-hybridized carbons (Fsp3) is 0.300. The number of hydrogen-bond acceptors (Lipinski definition) is 4. The maximum Gasteiger partial charge on any atom is 0.151 e. The second kappa shape index (κ2) is 4.11. The van der Waals surface area contributed by atoms with Crippen molar-refractivity contribution in [1.82, 2.24) is 15.2 Å². The molecular formula is C10H12N4. The molecule has 0 amide bonds. The van der Waals surface area contributed by atoms with Crippen molar-refractivity contribution >= 4 is 11.0 Å². The van der Waals surface area contributed by atoms with E-state index in [1.54, 1.807) is 0 Å². The van der Waals surface area contributed by atoms with Crippen molar-refractivity contribution in [2.45, 2.75) is 12.8 Å². The van der Waals surface area contributed by atoms with Gasteiger partial charge in [0.2, 0.25) is 0 Å². The van der Waals surface area contributed by atoms with Gasteiger partial charge in [-0.25, -0.2) is 4.98 Å². The van der Waals surface area contributed by atoms with E-state index in [2.05, 4.69) is 15.2 Å². The van der Waals surface area contributed by atoms with Gasteiger partial charge in [-0.15, -0.1) is 10.2 Å². The van der Waals surface area contributed by atoms with E-state index in [1.807, 2.05) is 24.3 Å². The molecule has 72 valence electrons. The van der Waals surface area contributed by atoms with Gasteiger partial charge >= 0.3 is 0 Å². The Kier molecular flexibility index (Phi) is 2.65. The van der Waals surface area contributed by atoms with Gasteiger partial charge in [0, 0.05) is 6.42 Å². The largest absolute Gasteiger partial charge is 0.330 e. The molecule has 0 aliphatic carbocycles. The van der Waals surface area contributed by atoms with Crippen LogP contribution in [0.3, 0.4) is 0 Å². The molecule has 0 saturated carbocycles. The molecule has 0 unspecified atom stereocenters. The summed E-state index contributed by atoms with van der Waals surface area (Å²) in [6.07, 6.45) is 1.70. The Labute approximate surface area is 82.2 Å². The molecule has 1 aromatic carbocycles. The van der Waals surface area contributed by atoms with E-state index >= 15 is 0 Å². The molecule has 4 heteroatoms. The molecule has 0 atom stereocenters. The van der Waals surface area contributed by atoms with Gasteiger partial charge in [-0.2, -0.15) is 0 Å². The molecule has 0 fully saturated rings. The molecule has 0 bridgehead atoms. The fourth-order valence-electron chi connectivity index (χ4n) is 1.28. The average molecular weight is 188 g/mol. The molecule has 14 heavy (non-hydrogen) atoms. The van der Waals surface area contributed by atoms with E-state index in [1.165, 1.54) is 0 Å². The van der Waals surface area contributed by atoms with Gasteiger partial charge in [-0.1, -0.05) is 12.1 Å². The first-order valence-electron chi connectivity index (χ1n) is 4.68. The second-order valence-corrected chi connectivity index (χ2v) is 3.11. The molecular weight excluding hydrogens is 176 g/mol. The highest BCUT2D eigenvalue weighted by Gasteiger charge is 1.99. The fourth-order valence-corrected chi connectivity index (χ4v) is 1.28. The van der Waals surface area contributed by atoms with Crippen LogP contribution in [0.4, 0.5) is 0 Å². The lowest BCUT2D eigenvalue weighted by Gasteiger charge is -1.99. The summed E-state index contributed by atoms with van der Waals surface area (Å²) in [5, 5.41) is 8.11. The van der Waals surface area contributed by atoms with Crippen molar-refractivity contribution in [3.63, 3.8) is 0 Å². The molecule has 0 saturated heterocycles. The number of rotatable bonds is 3. The van der Waals surface area contributed by atoms with Crippen LogP contribution in [0.2, 0.25) is 0 Å². The van der Waals surface area contributed by atoms with E-state index in [0.717, 1.165) is 29.7 Å². The maximum atomic E-state index is 5.41. The van der Waals surface area contributed by atoms with Gasteiger partial charge in [0.15, 0.2) is 5.82 Å². The van der Waals surface area contributed by atoms with Crippen molar-refractivity contribution in [3.8, 4) is 0 Å². The number of fused-ring (bicyclic) bond motifs is 1. The summed E-state index contributed by atoms with van der Waals surface area (Å²) in [6, 6.07) is 7.72. The Morgan fingerprint density at radius 1 is 1.07 bits per heavy atom. The van der Waals surface area contributed by atoms with Crippen molar-refractivity contribution in [3.05, 3.63) is 30.1 Å². The Morgan fingerprint density at radius 2 is 1.86 bits per heavy atom. The normalized spacial score (nSPS) is 10.6. The van der Waals surface area contributed by atoms with Crippen LogP contribution in [0.1, 0.15) is 12.2 Å². The summed E-state index contributed by atoms with van der Waals surface area (Å²) >= 11 is 0. The lowest BCUT2D eigenvalue weighted by Crippen LogP contribution is -2.04. The monoisotopic (exact) mass is 188 g/mol. The summed E-state index contributed by atoms with van der Waals surface area (Å²) in [5.74, 6) is 0.772. The summed E-state index contributed by atoms with van der Waals surface area (Å²) < 4.78 is 0. The first-order chi connectivity index (χ1) is 6.90. The highest BCUT2D eigenvalue weighted by molar-refractivity contribution is 5.72. The zero-order chi connectivity index (χ0) is 9.80. The molecule has 0 aliphatic heterocycles. The Balaban J connectivity index is 2.32. The smallest absolute Gasteiger partial charge is 0.151 e. The van der Waals surface area contributed by atoms with Crippen molar-refractivity contribution in [1.29, 1.82) is 0 Å². The minimum absolute atomic E-state index is 0.663. The van der Waals surface area contributed by atoms with Crippen molar-refractivity contribution in [2.75, 3.05) is 6.54 Å². The third kappa shape index (κ3) is 1.85. The van der Waals surface area contributed by atoms with Gasteiger partial charge in [0.05, 0.1) is 5.52 Å². The third-order valence-corrected chi connectivity index (χ3v) is 2.01.